The van der Waals surface area contributed by atoms with Gasteiger partial charge in [-0.25, -0.2) is 4.98 Å². The molecule has 0 aromatic carbocycles. The van der Waals surface area contributed by atoms with Crippen LogP contribution >= 0.6 is 0 Å². The van der Waals surface area contributed by atoms with Gasteiger partial charge in [-0.1, -0.05) is 0 Å². The highest BCUT2D eigenvalue weighted by Crippen LogP contribution is 2.24. The van der Waals surface area contributed by atoms with Gasteiger partial charge in [0, 0.05) is 19.5 Å². The highest BCUT2D eigenvalue weighted by molar-refractivity contribution is 5.20. The van der Waals surface area contributed by atoms with Gasteiger partial charge in [0.2, 0.25) is 0 Å². The van der Waals surface area contributed by atoms with Gasteiger partial charge in [0.05, 0.1) is 11.4 Å². The molecule has 0 saturated carbocycles. The molecule has 1 unspecified atom stereocenters. The third-order valence-corrected chi connectivity index (χ3v) is 2.59. The van der Waals surface area contributed by atoms with E-state index in [0.29, 0.717) is 0 Å². The second kappa shape index (κ2) is 3.12. The number of nitrogens with two attached hydrogens (primary N) is 1. The SMILES string of the molecule is Cc1nc2n(c1C(O)CN)CCC2. The number of nitrogens with zero attached hydrogens (tertiary/aromatic N) is 2. The predicted molar refractivity (Wildman–Crippen MR) is 49.3 cm³/mol. The molecule has 0 radical (unpaired) electrons. The Morgan fingerprint density at radius 2 is 2.46 bits per heavy atom. The third kappa shape index (κ3) is 1.26. The highest BCUT2D eigenvalue weighted by Gasteiger charge is 2.22. The van der Waals surface area contributed by atoms with E-state index in [-0.39, 0.29) is 6.54 Å². The van der Waals surface area contributed by atoms with Crippen molar-refractivity contribution >= 4 is 0 Å². The van der Waals surface area contributed by atoms with E-state index in [1.54, 1.807) is 0 Å². The van der Waals surface area contributed by atoms with Crippen LogP contribution in [0.4, 0.5) is 0 Å². The fourth-order valence-corrected chi connectivity index (χ4v) is 2.01. The number of aromatic nitrogens is 2. The largest absolute Gasteiger partial charge is 0.385 e. The van der Waals surface area contributed by atoms with Crippen LogP contribution in [0.1, 0.15) is 29.7 Å². The van der Waals surface area contributed by atoms with E-state index in [1.165, 1.54) is 0 Å². The topological polar surface area (TPSA) is 64.1 Å². The summed E-state index contributed by atoms with van der Waals surface area (Å²) in [4.78, 5) is 4.41. The number of hydrogen-bond acceptors (Lipinski definition) is 3. The Hall–Kier alpha value is -0.870. The molecule has 0 bridgehead atoms. The van der Waals surface area contributed by atoms with Crippen molar-refractivity contribution in [2.24, 2.45) is 5.73 Å². The number of aliphatic hydroxyl groups excluding tert-OH is 1. The van der Waals surface area contributed by atoms with Crippen LogP contribution in [0.15, 0.2) is 0 Å². The minimum atomic E-state index is -0.556. The van der Waals surface area contributed by atoms with E-state index in [0.717, 1.165) is 36.6 Å². The van der Waals surface area contributed by atoms with E-state index in [1.807, 2.05) is 6.92 Å². The lowest BCUT2D eigenvalue weighted by molar-refractivity contribution is 0.176. The molecule has 0 spiro atoms. The molecule has 72 valence electrons. The molecule has 4 nitrogen and oxygen atoms in total. The Bertz CT molecular complexity index is 319. The quantitative estimate of drug-likeness (QED) is 0.681. The Kier molecular flexibility index (Phi) is 2.09. The monoisotopic (exact) mass is 181 g/mol. The van der Waals surface area contributed by atoms with Crippen molar-refractivity contribution < 1.29 is 5.11 Å². The molecule has 0 saturated heterocycles. The van der Waals surface area contributed by atoms with Crippen molar-refractivity contribution in [2.75, 3.05) is 6.54 Å². The van der Waals surface area contributed by atoms with Crippen LogP contribution < -0.4 is 5.73 Å². The zero-order chi connectivity index (χ0) is 9.42. The van der Waals surface area contributed by atoms with Crippen molar-refractivity contribution in [1.29, 1.82) is 0 Å². The number of aliphatic hydroxyl groups is 1. The molecular formula is C9H15N3O. The van der Waals surface area contributed by atoms with Gasteiger partial charge in [0.25, 0.3) is 0 Å². The number of fused-ring (bicyclic) bond motifs is 1. The fraction of sp³-hybridized carbons (Fsp3) is 0.667. The lowest BCUT2D eigenvalue weighted by Gasteiger charge is -2.11. The minimum absolute atomic E-state index is 0.270. The normalized spacial score (nSPS) is 17.5. The van der Waals surface area contributed by atoms with Gasteiger partial charge >= 0.3 is 0 Å². The molecule has 0 aliphatic carbocycles. The van der Waals surface area contributed by atoms with Crippen LogP contribution in [0.25, 0.3) is 0 Å². The highest BCUT2D eigenvalue weighted by atomic mass is 16.3. The Morgan fingerprint density at radius 1 is 1.69 bits per heavy atom. The fourth-order valence-electron chi connectivity index (χ4n) is 2.01. The molecule has 1 atom stereocenters. The molecular weight excluding hydrogens is 166 g/mol. The smallest absolute Gasteiger partial charge is 0.109 e. The maximum Gasteiger partial charge on any atom is 0.109 e. The summed E-state index contributed by atoms with van der Waals surface area (Å²) in [6.45, 7) is 3.17. The zero-order valence-electron chi connectivity index (χ0n) is 7.82. The second-order valence-electron chi connectivity index (χ2n) is 3.51. The van der Waals surface area contributed by atoms with E-state index in [4.69, 9.17) is 5.73 Å². The van der Waals surface area contributed by atoms with Crippen LogP contribution in [0.2, 0.25) is 0 Å². The van der Waals surface area contributed by atoms with E-state index in [9.17, 15) is 5.11 Å². The van der Waals surface area contributed by atoms with Crippen molar-refractivity contribution in [3.8, 4) is 0 Å². The van der Waals surface area contributed by atoms with Crippen LogP contribution in [-0.2, 0) is 13.0 Å². The van der Waals surface area contributed by atoms with Gasteiger partial charge < -0.3 is 15.4 Å². The summed E-state index contributed by atoms with van der Waals surface area (Å²) in [6.07, 6.45) is 1.60. The maximum atomic E-state index is 9.68. The molecule has 3 N–H and O–H groups in total. The zero-order valence-corrected chi connectivity index (χ0v) is 7.82. The summed E-state index contributed by atoms with van der Waals surface area (Å²) in [6, 6.07) is 0. The first-order chi connectivity index (χ1) is 6.24. The number of aryl methyl sites for hydroxylation is 2. The lowest BCUT2D eigenvalue weighted by Crippen LogP contribution is -2.16. The molecule has 1 aromatic rings. The average Bonchev–Trinajstić information content (AvgIpc) is 2.62. The summed E-state index contributed by atoms with van der Waals surface area (Å²) in [5.74, 6) is 1.10. The maximum absolute atomic E-state index is 9.68. The summed E-state index contributed by atoms with van der Waals surface area (Å²) in [7, 11) is 0. The summed E-state index contributed by atoms with van der Waals surface area (Å²) in [5, 5.41) is 9.68. The van der Waals surface area contributed by atoms with Gasteiger partial charge in [-0.2, -0.15) is 0 Å². The molecule has 1 aliphatic rings. The molecule has 0 fully saturated rings. The number of rotatable bonds is 2. The van der Waals surface area contributed by atoms with Crippen LogP contribution in [0.3, 0.4) is 0 Å². The van der Waals surface area contributed by atoms with Crippen molar-refractivity contribution in [3.63, 3.8) is 0 Å². The summed E-state index contributed by atoms with van der Waals surface area (Å²) in [5.41, 5.74) is 7.27. The van der Waals surface area contributed by atoms with Crippen molar-refractivity contribution in [2.45, 2.75) is 32.4 Å². The molecule has 2 rings (SSSR count). The standard InChI is InChI=1S/C9H15N3O/c1-6-9(7(13)5-10)12-4-2-3-8(12)11-6/h7,13H,2-5,10H2,1H3. The second-order valence-corrected chi connectivity index (χ2v) is 3.51. The van der Waals surface area contributed by atoms with Crippen LogP contribution in [0.5, 0.6) is 0 Å². The Morgan fingerprint density at radius 3 is 3.15 bits per heavy atom. The number of imidazole rings is 1. The van der Waals surface area contributed by atoms with Crippen molar-refractivity contribution in [1.82, 2.24) is 9.55 Å². The first kappa shape index (κ1) is 8.72. The molecule has 13 heavy (non-hydrogen) atoms. The Balaban J connectivity index is 2.43. The number of hydrogen-bond donors (Lipinski definition) is 2. The van der Waals surface area contributed by atoms with Gasteiger partial charge in [-0.05, 0) is 13.3 Å². The molecule has 2 heterocycles. The first-order valence-electron chi connectivity index (χ1n) is 4.68. The van der Waals surface area contributed by atoms with Gasteiger partial charge in [-0.3, -0.25) is 0 Å². The summed E-state index contributed by atoms with van der Waals surface area (Å²) >= 11 is 0. The molecule has 1 aliphatic heterocycles. The van der Waals surface area contributed by atoms with Crippen LogP contribution in [0, 0.1) is 6.92 Å². The molecule has 4 heteroatoms. The van der Waals surface area contributed by atoms with Crippen molar-refractivity contribution in [3.05, 3.63) is 17.2 Å². The predicted octanol–water partition coefficient (Wildman–Crippen LogP) is 0.130. The Labute approximate surface area is 77.4 Å². The van der Waals surface area contributed by atoms with Crippen LogP contribution in [-0.4, -0.2) is 21.2 Å². The van der Waals surface area contributed by atoms with Gasteiger partial charge in [-0.15, -0.1) is 0 Å². The molecule has 0 amide bonds. The third-order valence-electron chi connectivity index (χ3n) is 2.59. The van der Waals surface area contributed by atoms with Gasteiger partial charge in [0.15, 0.2) is 0 Å². The molecule has 1 aromatic heterocycles. The summed E-state index contributed by atoms with van der Waals surface area (Å²) < 4.78 is 2.10. The van der Waals surface area contributed by atoms with E-state index < -0.39 is 6.10 Å². The lowest BCUT2D eigenvalue weighted by atomic mass is 10.2. The average molecular weight is 181 g/mol. The first-order valence-corrected chi connectivity index (χ1v) is 4.68. The van der Waals surface area contributed by atoms with E-state index in [2.05, 4.69) is 9.55 Å². The minimum Gasteiger partial charge on any atom is -0.385 e. The van der Waals surface area contributed by atoms with E-state index >= 15 is 0 Å². The van der Waals surface area contributed by atoms with Gasteiger partial charge in [0.1, 0.15) is 11.9 Å².